The molecule has 0 atom stereocenters. The number of hydrogen-bond acceptors (Lipinski definition) is 3. The van der Waals surface area contributed by atoms with Gasteiger partial charge in [-0.05, 0) is 42.3 Å². The Morgan fingerprint density at radius 2 is 1.96 bits per heavy atom. The molecule has 2 aromatic carbocycles. The van der Waals surface area contributed by atoms with Crippen LogP contribution >= 0.6 is 0 Å². The van der Waals surface area contributed by atoms with Crippen LogP contribution in [0.25, 0.3) is 0 Å². The average Bonchev–Trinajstić information content (AvgIpc) is 2.99. The fraction of sp³-hybridized carbons (Fsp3) is 0.222. The Bertz CT molecular complexity index is 824. The predicted molar refractivity (Wildman–Crippen MR) is 89.2 cm³/mol. The highest BCUT2D eigenvalue weighted by atomic mass is 19.3. The zero-order chi connectivity index (χ0) is 18.0. The van der Waals surface area contributed by atoms with E-state index in [0.29, 0.717) is 18.5 Å². The molecule has 3 rings (SSSR count). The van der Waals surface area contributed by atoms with E-state index in [-0.39, 0.29) is 17.3 Å². The van der Waals surface area contributed by atoms with Crippen LogP contribution in [0, 0.1) is 0 Å². The van der Waals surface area contributed by atoms with Gasteiger partial charge < -0.3 is 15.0 Å². The van der Waals surface area contributed by atoms with Crippen LogP contribution in [-0.2, 0) is 11.2 Å². The summed E-state index contributed by atoms with van der Waals surface area (Å²) < 4.78 is 29.3. The van der Waals surface area contributed by atoms with E-state index in [4.69, 9.17) is 0 Å². The molecular formula is C18H16F2N2O3. The monoisotopic (exact) mass is 346 g/mol. The molecule has 0 unspecified atom stereocenters. The number of fused-ring (bicyclic) bond motifs is 1. The van der Waals surface area contributed by atoms with Crippen molar-refractivity contribution in [3.8, 4) is 5.75 Å². The zero-order valence-corrected chi connectivity index (χ0v) is 13.5. The largest absolute Gasteiger partial charge is 0.433 e. The Labute approximate surface area is 143 Å². The number of nitrogens with one attached hydrogen (secondary N) is 1. The third kappa shape index (κ3) is 3.60. The summed E-state index contributed by atoms with van der Waals surface area (Å²) in [6.45, 7) is -0.896. The summed E-state index contributed by atoms with van der Waals surface area (Å²) in [6, 6.07) is 11.0. The molecule has 1 aliphatic rings. The minimum atomic E-state index is -2.98. The highest BCUT2D eigenvalue weighted by Gasteiger charge is 2.23. The van der Waals surface area contributed by atoms with Crippen molar-refractivity contribution in [1.29, 1.82) is 0 Å². The van der Waals surface area contributed by atoms with Crippen molar-refractivity contribution < 1.29 is 23.1 Å². The molecule has 2 amide bonds. The standard InChI is InChI=1S/C18H16F2N2O3/c1-11(23)22-9-8-12-10-13(6-7-15(12)22)17(24)21-14-4-2-3-5-16(14)25-18(19)20/h2-7,10,18H,8-9H2,1H3,(H,21,24). The first-order chi connectivity index (χ1) is 12.0. The van der Waals surface area contributed by atoms with Gasteiger partial charge in [0.1, 0.15) is 5.75 Å². The summed E-state index contributed by atoms with van der Waals surface area (Å²) in [5.74, 6) is -0.585. The first-order valence-corrected chi connectivity index (χ1v) is 7.72. The fourth-order valence-electron chi connectivity index (χ4n) is 2.83. The van der Waals surface area contributed by atoms with Gasteiger partial charge in [-0.25, -0.2) is 0 Å². The SMILES string of the molecule is CC(=O)N1CCc2cc(C(=O)Nc3ccccc3OC(F)F)ccc21. The third-order valence-electron chi connectivity index (χ3n) is 3.97. The molecule has 5 nitrogen and oxygen atoms in total. The molecule has 0 aromatic heterocycles. The molecule has 1 heterocycles. The molecule has 130 valence electrons. The highest BCUT2D eigenvalue weighted by Crippen LogP contribution is 2.30. The van der Waals surface area contributed by atoms with Crippen LogP contribution in [0.15, 0.2) is 42.5 Å². The van der Waals surface area contributed by atoms with Crippen LogP contribution < -0.4 is 15.0 Å². The van der Waals surface area contributed by atoms with Crippen LogP contribution in [0.2, 0.25) is 0 Å². The first kappa shape index (κ1) is 16.9. The van der Waals surface area contributed by atoms with Crippen molar-refractivity contribution in [3.63, 3.8) is 0 Å². The number of carbonyl (C=O) groups excluding carboxylic acids is 2. The van der Waals surface area contributed by atoms with E-state index in [9.17, 15) is 18.4 Å². The van der Waals surface area contributed by atoms with Gasteiger partial charge in [-0.3, -0.25) is 9.59 Å². The number of benzene rings is 2. The van der Waals surface area contributed by atoms with Gasteiger partial charge in [0.05, 0.1) is 5.69 Å². The average molecular weight is 346 g/mol. The Morgan fingerprint density at radius 1 is 1.20 bits per heavy atom. The fourth-order valence-corrected chi connectivity index (χ4v) is 2.83. The molecule has 2 aromatic rings. The number of anilines is 2. The van der Waals surface area contributed by atoms with E-state index in [0.717, 1.165) is 11.3 Å². The van der Waals surface area contributed by atoms with Crippen molar-refractivity contribution in [2.24, 2.45) is 0 Å². The van der Waals surface area contributed by atoms with E-state index in [1.807, 2.05) is 0 Å². The summed E-state index contributed by atoms with van der Waals surface area (Å²) in [6.07, 6.45) is 0.668. The first-order valence-electron chi connectivity index (χ1n) is 7.72. The van der Waals surface area contributed by atoms with E-state index < -0.39 is 12.5 Å². The van der Waals surface area contributed by atoms with Crippen molar-refractivity contribution in [1.82, 2.24) is 0 Å². The number of rotatable bonds is 4. The molecule has 1 aliphatic heterocycles. The maximum Gasteiger partial charge on any atom is 0.387 e. The van der Waals surface area contributed by atoms with E-state index in [1.54, 1.807) is 35.2 Å². The molecule has 0 bridgehead atoms. The molecule has 0 aliphatic carbocycles. The number of alkyl halides is 2. The second kappa shape index (κ2) is 6.88. The topological polar surface area (TPSA) is 58.6 Å². The maximum atomic E-state index is 12.4. The molecule has 7 heteroatoms. The third-order valence-corrected chi connectivity index (χ3v) is 3.97. The minimum absolute atomic E-state index is 0.0472. The lowest BCUT2D eigenvalue weighted by molar-refractivity contribution is -0.116. The molecule has 1 N–H and O–H groups in total. The maximum absolute atomic E-state index is 12.4. The number of hydrogen-bond donors (Lipinski definition) is 1. The molecule has 0 fully saturated rings. The van der Waals surface area contributed by atoms with Gasteiger partial charge in [-0.1, -0.05) is 12.1 Å². The number of ether oxygens (including phenoxy) is 1. The molecule has 0 radical (unpaired) electrons. The minimum Gasteiger partial charge on any atom is -0.433 e. The zero-order valence-electron chi connectivity index (χ0n) is 13.5. The number of nitrogens with zero attached hydrogens (tertiary/aromatic N) is 1. The predicted octanol–water partition coefficient (Wildman–Crippen LogP) is 3.45. The van der Waals surface area contributed by atoms with Gasteiger partial charge in [0.25, 0.3) is 5.91 Å². The van der Waals surface area contributed by atoms with Gasteiger partial charge in [0.15, 0.2) is 0 Å². The molecular weight excluding hydrogens is 330 g/mol. The van der Waals surface area contributed by atoms with E-state index in [2.05, 4.69) is 10.1 Å². The van der Waals surface area contributed by atoms with Gasteiger partial charge in [-0.2, -0.15) is 8.78 Å². The smallest absolute Gasteiger partial charge is 0.387 e. The molecule has 0 saturated heterocycles. The van der Waals surface area contributed by atoms with Crippen molar-refractivity contribution >= 4 is 23.2 Å². The van der Waals surface area contributed by atoms with Crippen LogP contribution in [0.5, 0.6) is 5.75 Å². The van der Waals surface area contributed by atoms with Crippen molar-refractivity contribution in [3.05, 3.63) is 53.6 Å². The van der Waals surface area contributed by atoms with E-state index >= 15 is 0 Å². The summed E-state index contributed by atoms with van der Waals surface area (Å²) in [5.41, 5.74) is 2.25. The van der Waals surface area contributed by atoms with E-state index in [1.165, 1.54) is 19.1 Å². The lowest BCUT2D eigenvalue weighted by Gasteiger charge is -2.15. The summed E-state index contributed by atoms with van der Waals surface area (Å²) >= 11 is 0. The lowest BCUT2D eigenvalue weighted by atomic mass is 10.1. The Kier molecular flexibility index (Phi) is 4.65. The lowest BCUT2D eigenvalue weighted by Crippen LogP contribution is -2.25. The number of carbonyl (C=O) groups is 2. The van der Waals surface area contributed by atoms with Crippen LogP contribution in [-0.4, -0.2) is 25.0 Å². The highest BCUT2D eigenvalue weighted by molar-refractivity contribution is 6.06. The number of para-hydroxylation sites is 2. The summed E-state index contributed by atoms with van der Waals surface area (Å²) in [5, 5.41) is 2.58. The Morgan fingerprint density at radius 3 is 2.68 bits per heavy atom. The van der Waals surface area contributed by atoms with Gasteiger partial charge in [0, 0.05) is 24.7 Å². The van der Waals surface area contributed by atoms with Gasteiger partial charge in [-0.15, -0.1) is 0 Å². The van der Waals surface area contributed by atoms with Crippen LogP contribution in [0.1, 0.15) is 22.8 Å². The van der Waals surface area contributed by atoms with Crippen molar-refractivity contribution in [2.45, 2.75) is 20.0 Å². The van der Waals surface area contributed by atoms with Crippen molar-refractivity contribution in [2.75, 3.05) is 16.8 Å². The molecule has 25 heavy (non-hydrogen) atoms. The Hall–Kier alpha value is -2.96. The molecule has 0 saturated carbocycles. The Balaban J connectivity index is 1.80. The van der Waals surface area contributed by atoms with Gasteiger partial charge >= 0.3 is 6.61 Å². The summed E-state index contributed by atoms with van der Waals surface area (Å²) in [7, 11) is 0. The van der Waals surface area contributed by atoms with Crippen LogP contribution in [0.3, 0.4) is 0 Å². The second-order valence-corrected chi connectivity index (χ2v) is 5.59. The quantitative estimate of drug-likeness (QED) is 0.922. The summed E-state index contributed by atoms with van der Waals surface area (Å²) in [4.78, 5) is 25.7. The normalized spacial score (nSPS) is 12.9. The van der Waals surface area contributed by atoms with Gasteiger partial charge in [0.2, 0.25) is 5.91 Å². The van der Waals surface area contributed by atoms with Crippen LogP contribution in [0.4, 0.5) is 20.2 Å². The number of amides is 2. The number of halogens is 2. The molecule has 0 spiro atoms. The second-order valence-electron chi connectivity index (χ2n) is 5.59.